The van der Waals surface area contributed by atoms with Gasteiger partial charge >= 0.3 is 0 Å². The largest absolute Gasteiger partial charge is 0.398 e. The lowest BCUT2D eigenvalue weighted by Crippen LogP contribution is -2.14. The molecule has 0 radical (unpaired) electrons. The van der Waals surface area contributed by atoms with Gasteiger partial charge in [-0.15, -0.1) is 0 Å². The molecular weight excluding hydrogens is 340 g/mol. The van der Waals surface area contributed by atoms with Gasteiger partial charge in [-0.1, -0.05) is 12.1 Å². The monoisotopic (exact) mass is 358 g/mol. The maximum atomic E-state index is 12.5. The Kier molecular flexibility index (Phi) is 3.97. The van der Waals surface area contributed by atoms with Crippen molar-refractivity contribution >= 4 is 34.4 Å². The molecule has 7 heteroatoms. The van der Waals surface area contributed by atoms with Gasteiger partial charge in [-0.05, 0) is 48.4 Å². The lowest BCUT2D eigenvalue weighted by atomic mass is 9.98. The third kappa shape index (κ3) is 2.95. The van der Waals surface area contributed by atoms with Crippen LogP contribution in [0.3, 0.4) is 0 Å². The second-order valence-corrected chi connectivity index (χ2v) is 6.31. The average Bonchev–Trinajstić information content (AvgIpc) is 3.30. The normalized spacial score (nSPS) is 10.9. The van der Waals surface area contributed by atoms with Crippen molar-refractivity contribution in [3.63, 3.8) is 0 Å². The van der Waals surface area contributed by atoms with Crippen molar-refractivity contribution < 1.29 is 4.79 Å². The van der Waals surface area contributed by atoms with Crippen LogP contribution in [-0.2, 0) is 0 Å². The number of fused-ring (bicyclic) bond motifs is 1. The topological polar surface area (TPSA) is 123 Å². The Bertz CT molecular complexity index is 1170. The maximum Gasteiger partial charge on any atom is 0.276 e. The molecule has 4 aromatic rings. The summed E-state index contributed by atoms with van der Waals surface area (Å²) in [4.78, 5) is 15.7. The summed E-state index contributed by atoms with van der Waals surface area (Å²) in [5.74, 6) is -0.362. The van der Waals surface area contributed by atoms with Crippen LogP contribution < -0.4 is 11.1 Å². The molecule has 4 rings (SSSR count). The quantitative estimate of drug-likeness (QED) is 0.282. The van der Waals surface area contributed by atoms with Crippen LogP contribution in [0.1, 0.15) is 21.7 Å². The van der Waals surface area contributed by atoms with Gasteiger partial charge < -0.3 is 21.4 Å². The van der Waals surface area contributed by atoms with Crippen molar-refractivity contribution in [3.8, 4) is 11.1 Å². The molecule has 1 amide bonds. The predicted octanol–water partition coefficient (Wildman–Crippen LogP) is 3.70. The lowest BCUT2D eigenvalue weighted by molar-refractivity contribution is 0.102. The number of hydrogen-bond donors (Lipinski definition) is 5. The number of carbonyl (C=O) groups is 1. The molecule has 0 saturated carbocycles. The van der Waals surface area contributed by atoms with Crippen molar-refractivity contribution in [2.24, 2.45) is 0 Å². The summed E-state index contributed by atoms with van der Waals surface area (Å²) in [6.07, 6.45) is 3.02. The number of nitrogen functional groups attached to an aromatic ring is 1. The van der Waals surface area contributed by atoms with E-state index in [-0.39, 0.29) is 11.6 Å². The Morgan fingerprint density at radius 2 is 2.11 bits per heavy atom. The van der Waals surface area contributed by atoms with E-state index < -0.39 is 0 Å². The second-order valence-electron chi connectivity index (χ2n) is 6.31. The molecule has 0 bridgehead atoms. The van der Waals surface area contributed by atoms with E-state index in [0.717, 1.165) is 33.9 Å². The number of aromatic amines is 2. The van der Waals surface area contributed by atoms with Crippen molar-refractivity contribution in [2.75, 3.05) is 11.1 Å². The first kappa shape index (κ1) is 16.6. The van der Waals surface area contributed by atoms with Crippen molar-refractivity contribution in [1.29, 1.82) is 5.41 Å². The Morgan fingerprint density at radius 3 is 2.85 bits per heavy atom. The van der Waals surface area contributed by atoms with E-state index in [1.165, 1.54) is 0 Å². The number of aromatic nitrogens is 3. The fourth-order valence-electron chi connectivity index (χ4n) is 3.15. The summed E-state index contributed by atoms with van der Waals surface area (Å²) < 4.78 is 0. The summed E-state index contributed by atoms with van der Waals surface area (Å²) in [6, 6.07) is 13.3. The van der Waals surface area contributed by atoms with E-state index in [1.54, 1.807) is 6.07 Å². The molecule has 0 aliphatic heterocycles. The number of benzene rings is 2. The molecule has 0 unspecified atom stereocenters. The molecular formula is C20H18N6O. The van der Waals surface area contributed by atoms with Gasteiger partial charge in [-0.3, -0.25) is 9.89 Å². The van der Waals surface area contributed by atoms with E-state index >= 15 is 0 Å². The molecule has 2 aromatic heterocycles. The van der Waals surface area contributed by atoms with Gasteiger partial charge in [0.25, 0.3) is 5.91 Å². The van der Waals surface area contributed by atoms with Gasteiger partial charge in [0.1, 0.15) is 0 Å². The van der Waals surface area contributed by atoms with Crippen LogP contribution in [0.15, 0.2) is 48.7 Å². The molecule has 0 spiro atoms. The number of nitrogens with two attached hydrogens (primary N) is 1. The smallest absolute Gasteiger partial charge is 0.276 e. The van der Waals surface area contributed by atoms with Crippen LogP contribution in [-0.4, -0.2) is 27.3 Å². The summed E-state index contributed by atoms with van der Waals surface area (Å²) in [6.45, 7) is 1.82. The Balaban J connectivity index is 1.80. The van der Waals surface area contributed by atoms with Crippen LogP contribution in [0, 0.1) is 12.3 Å². The lowest BCUT2D eigenvalue weighted by Gasteiger charge is -2.13. The summed E-state index contributed by atoms with van der Waals surface area (Å²) in [5.41, 5.74) is 11.5. The van der Waals surface area contributed by atoms with Gasteiger partial charge in [0.05, 0.1) is 5.69 Å². The van der Waals surface area contributed by atoms with Gasteiger partial charge in [0.2, 0.25) is 0 Å². The molecule has 0 saturated heterocycles. The zero-order valence-corrected chi connectivity index (χ0v) is 14.6. The molecule has 6 N–H and O–H groups in total. The highest BCUT2D eigenvalue weighted by molar-refractivity contribution is 6.08. The molecule has 0 aliphatic rings. The SMILES string of the molecule is Cc1cc(C(=O)Nc2cc(-c3cccc4[nH]ccc34)cc(N)c2C=N)n[nH]1. The summed E-state index contributed by atoms with van der Waals surface area (Å²) in [7, 11) is 0. The molecule has 27 heavy (non-hydrogen) atoms. The minimum atomic E-state index is -0.362. The van der Waals surface area contributed by atoms with E-state index in [1.807, 2.05) is 49.5 Å². The van der Waals surface area contributed by atoms with E-state index in [4.69, 9.17) is 11.1 Å². The molecule has 0 atom stereocenters. The first-order valence-corrected chi connectivity index (χ1v) is 8.40. The van der Waals surface area contributed by atoms with Gasteiger partial charge in [0.15, 0.2) is 5.69 Å². The molecule has 7 nitrogen and oxygen atoms in total. The maximum absolute atomic E-state index is 12.5. The highest BCUT2D eigenvalue weighted by Gasteiger charge is 2.15. The number of amides is 1. The summed E-state index contributed by atoms with van der Waals surface area (Å²) in [5, 5.41) is 18.3. The Labute approximate surface area is 155 Å². The Hall–Kier alpha value is -3.87. The third-order valence-corrected chi connectivity index (χ3v) is 4.45. The highest BCUT2D eigenvalue weighted by atomic mass is 16.1. The standard InChI is InChI=1S/C20H18N6O/c1-11-7-19(26-25-11)20(27)24-18-9-12(8-16(22)15(18)10-21)13-3-2-4-17-14(13)5-6-23-17/h2-10,21,23H,22H2,1H3,(H,24,27)(H,25,26). The fourth-order valence-corrected chi connectivity index (χ4v) is 3.15. The van der Waals surface area contributed by atoms with E-state index in [9.17, 15) is 4.79 Å². The predicted molar refractivity (Wildman–Crippen MR) is 107 cm³/mol. The number of hydrogen-bond acceptors (Lipinski definition) is 4. The van der Waals surface area contributed by atoms with Crippen LogP contribution in [0.4, 0.5) is 11.4 Å². The number of nitrogens with one attached hydrogen (secondary N) is 4. The minimum Gasteiger partial charge on any atom is -0.398 e. The van der Waals surface area contributed by atoms with E-state index in [0.29, 0.717) is 16.9 Å². The Morgan fingerprint density at radius 1 is 1.26 bits per heavy atom. The van der Waals surface area contributed by atoms with Gasteiger partial charge in [-0.2, -0.15) is 5.10 Å². The highest BCUT2D eigenvalue weighted by Crippen LogP contribution is 2.34. The van der Waals surface area contributed by atoms with Gasteiger partial charge in [0, 0.05) is 40.3 Å². The number of anilines is 2. The zero-order valence-electron chi connectivity index (χ0n) is 14.6. The molecule has 2 aromatic carbocycles. The summed E-state index contributed by atoms with van der Waals surface area (Å²) >= 11 is 0. The van der Waals surface area contributed by atoms with Crippen molar-refractivity contribution in [3.05, 3.63) is 65.6 Å². The van der Waals surface area contributed by atoms with Crippen molar-refractivity contribution in [1.82, 2.24) is 15.2 Å². The van der Waals surface area contributed by atoms with E-state index in [2.05, 4.69) is 20.5 Å². The van der Waals surface area contributed by atoms with Gasteiger partial charge in [-0.25, -0.2) is 0 Å². The van der Waals surface area contributed by atoms with Crippen LogP contribution in [0.5, 0.6) is 0 Å². The van der Waals surface area contributed by atoms with Crippen LogP contribution in [0.25, 0.3) is 22.0 Å². The number of H-pyrrole nitrogens is 2. The fraction of sp³-hybridized carbons (Fsp3) is 0.0500. The van der Waals surface area contributed by atoms with Crippen LogP contribution in [0.2, 0.25) is 0 Å². The first-order chi connectivity index (χ1) is 13.1. The second kappa shape index (κ2) is 6.45. The zero-order chi connectivity index (χ0) is 19.0. The molecule has 0 aliphatic carbocycles. The number of rotatable bonds is 4. The third-order valence-electron chi connectivity index (χ3n) is 4.45. The van der Waals surface area contributed by atoms with Crippen LogP contribution >= 0.6 is 0 Å². The number of aryl methyl sites for hydroxylation is 1. The number of nitrogens with zero attached hydrogens (tertiary/aromatic N) is 1. The molecule has 2 heterocycles. The first-order valence-electron chi connectivity index (χ1n) is 8.40. The average molecular weight is 358 g/mol. The number of carbonyl (C=O) groups excluding carboxylic acids is 1. The molecule has 0 fully saturated rings. The van der Waals surface area contributed by atoms with Crippen molar-refractivity contribution in [2.45, 2.75) is 6.92 Å². The minimum absolute atomic E-state index is 0.278. The molecule has 134 valence electrons.